The molecule has 1 N–H and O–H groups in total. The fourth-order valence-corrected chi connectivity index (χ4v) is 4.70. The van der Waals surface area contributed by atoms with Gasteiger partial charge >= 0.3 is 0 Å². The molecular formula is C21H30N4O3. The molecule has 0 unspecified atom stereocenters. The minimum Gasteiger partial charge on any atom is -0.463 e. The molecule has 4 rings (SSSR count). The Kier molecular flexibility index (Phi) is 6.12. The van der Waals surface area contributed by atoms with Crippen LogP contribution in [0, 0.1) is 5.92 Å². The van der Waals surface area contributed by atoms with Crippen molar-refractivity contribution in [2.45, 2.75) is 38.1 Å². The third-order valence-corrected chi connectivity index (χ3v) is 6.12. The molecule has 7 heteroatoms. The number of aromatic nitrogens is 2. The topological polar surface area (TPSA) is 74.6 Å². The molecule has 2 aliphatic heterocycles. The number of furan rings is 1. The first-order valence-electron chi connectivity index (χ1n) is 10.4. The Morgan fingerprint density at radius 2 is 2.25 bits per heavy atom. The van der Waals surface area contributed by atoms with Gasteiger partial charge in [-0.25, -0.2) is 0 Å². The zero-order valence-corrected chi connectivity index (χ0v) is 16.6. The van der Waals surface area contributed by atoms with Gasteiger partial charge in [-0.05, 0) is 56.8 Å². The van der Waals surface area contributed by atoms with Gasteiger partial charge in [-0.3, -0.25) is 9.89 Å². The highest BCUT2D eigenvalue weighted by Gasteiger charge is 2.35. The Morgan fingerprint density at radius 1 is 1.36 bits per heavy atom. The van der Waals surface area contributed by atoms with E-state index in [-0.39, 0.29) is 5.91 Å². The number of hydrogen-bond acceptors (Lipinski definition) is 5. The summed E-state index contributed by atoms with van der Waals surface area (Å²) in [7, 11) is 1.68. The maximum atomic E-state index is 13.2. The molecule has 7 nitrogen and oxygen atoms in total. The Labute approximate surface area is 166 Å². The van der Waals surface area contributed by atoms with E-state index >= 15 is 0 Å². The fraction of sp³-hybridized carbons (Fsp3) is 0.619. The van der Waals surface area contributed by atoms with Crippen molar-refractivity contribution in [2.75, 3.05) is 39.9 Å². The van der Waals surface area contributed by atoms with Crippen molar-refractivity contribution in [2.24, 2.45) is 5.92 Å². The molecular weight excluding hydrogens is 356 g/mol. The molecule has 0 saturated carbocycles. The van der Waals surface area contributed by atoms with Crippen molar-refractivity contribution in [3.63, 3.8) is 0 Å². The lowest BCUT2D eigenvalue weighted by atomic mass is 9.83. The van der Waals surface area contributed by atoms with Gasteiger partial charge in [-0.2, -0.15) is 5.10 Å². The Hall–Kier alpha value is -2.12. The summed E-state index contributed by atoms with van der Waals surface area (Å²) < 4.78 is 10.7. The predicted molar refractivity (Wildman–Crippen MR) is 106 cm³/mol. The number of nitrogens with zero attached hydrogens (tertiary/aromatic N) is 3. The van der Waals surface area contributed by atoms with E-state index in [1.54, 1.807) is 19.4 Å². The third kappa shape index (κ3) is 4.15. The minimum atomic E-state index is -0.0426. The fourth-order valence-electron chi connectivity index (χ4n) is 4.70. The average Bonchev–Trinajstić information content (AvgIpc) is 3.42. The van der Waals surface area contributed by atoms with E-state index in [0.29, 0.717) is 36.6 Å². The van der Waals surface area contributed by atoms with Crippen LogP contribution < -0.4 is 0 Å². The van der Waals surface area contributed by atoms with Crippen LogP contribution >= 0.6 is 0 Å². The van der Waals surface area contributed by atoms with Crippen LogP contribution in [0.5, 0.6) is 0 Å². The summed E-state index contributed by atoms with van der Waals surface area (Å²) >= 11 is 0. The van der Waals surface area contributed by atoms with Crippen LogP contribution in [0.2, 0.25) is 0 Å². The first kappa shape index (κ1) is 19.2. The molecule has 0 radical (unpaired) electrons. The van der Waals surface area contributed by atoms with Crippen LogP contribution in [0.25, 0.3) is 11.5 Å². The molecule has 0 spiro atoms. The van der Waals surface area contributed by atoms with Gasteiger partial charge in [-0.1, -0.05) is 6.42 Å². The number of H-pyrrole nitrogens is 1. The van der Waals surface area contributed by atoms with Gasteiger partial charge in [0.15, 0.2) is 11.5 Å². The smallest absolute Gasteiger partial charge is 0.274 e. The van der Waals surface area contributed by atoms with Gasteiger partial charge < -0.3 is 19.0 Å². The minimum absolute atomic E-state index is 0.0426. The number of fused-ring (bicyclic) bond motifs is 1. The second kappa shape index (κ2) is 8.92. The van der Waals surface area contributed by atoms with Crippen LogP contribution in [0.3, 0.4) is 0 Å². The highest BCUT2D eigenvalue weighted by Crippen LogP contribution is 2.31. The number of carbonyl (C=O) groups is 1. The molecule has 0 aliphatic carbocycles. The summed E-state index contributed by atoms with van der Waals surface area (Å²) in [5.41, 5.74) is 1.15. The maximum Gasteiger partial charge on any atom is 0.274 e. The standard InChI is InChI=1S/C21H30N4O3/c1-27-13-11-25(15-16-6-4-10-24-9-3-2-7-19(16)24)21(26)18-14-17(22-23-18)20-8-5-12-28-20/h5,8,12,14,16,19H,2-4,6-7,9-11,13,15H2,1H3,(H,22,23)/t16-,19-/m0/s1. The number of amides is 1. The van der Waals surface area contributed by atoms with Gasteiger partial charge in [0.05, 0.1) is 12.9 Å². The molecule has 2 atom stereocenters. The van der Waals surface area contributed by atoms with Gasteiger partial charge in [0.25, 0.3) is 5.91 Å². The number of ether oxygens (including phenoxy) is 1. The van der Waals surface area contributed by atoms with Crippen molar-refractivity contribution in [3.05, 3.63) is 30.2 Å². The zero-order chi connectivity index (χ0) is 19.3. The summed E-state index contributed by atoms with van der Waals surface area (Å²) in [6.45, 7) is 4.30. The molecule has 0 bridgehead atoms. The quantitative estimate of drug-likeness (QED) is 0.792. The Balaban J connectivity index is 1.48. The number of methoxy groups -OCH3 is 1. The summed E-state index contributed by atoms with van der Waals surface area (Å²) in [5.74, 6) is 1.16. The highest BCUT2D eigenvalue weighted by atomic mass is 16.5. The summed E-state index contributed by atoms with van der Waals surface area (Å²) in [4.78, 5) is 17.8. The van der Waals surface area contributed by atoms with E-state index in [0.717, 1.165) is 12.2 Å². The number of rotatable bonds is 7. The second-order valence-electron chi connectivity index (χ2n) is 7.89. The third-order valence-electron chi connectivity index (χ3n) is 6.12. The normalized spacial score (nSPS) is 22.8. The van der Waals surface area contributed by atoms with Crippen LogP contribution in [-0.4, -0.2) is 71.8 Å². The number of piperidine rings is 2. The van der Waals surface area contributed by atoms with Crippen molar-refractivity contribution in [1.29, 1.82) is 0 Å². The number of aromatic amines is 1. The van der Waals surface area contributed by atoms with E-state index in [9.17, 15) is 4.79 Å². The highest BCUT2D eigenvalue weighted by molar-refractivity contribution is 5.93. The van der Waals surface area contributed by atoms with Gasteiger partial charge in [-0.15, -0.1) is 0 Å². The number of hydrogen-bond donors (Lipinski definition) is 1. The molecule has 2 aromatic rings. The number of carbonyl (C=O) groups excluding carboxylic acids is 1. The summed E-state index contributed by atoms with van der Waals surface area (Å²) in [6.07, 6.45) is 7.88. The molecule has 4 heterocycles. The van der Waals surface area contributed by atoms with E-state index in [4.69, 9.17) is 9.15 Å². The molecule has 2 aliphatic rings. The lowest BCUT2D eigenvalue weighted by Crippen LogP contribution is -2.52. The van der Waals surface area contributed by atoms with Crippen molar-refractivity contribution >= 4 is 5.91 Å². The summed E-state index contributed by atoms with van der Waals surface area (Å²) in [5, 5.41) is 7.17. The number of nitrogens with one attached hydrogen (secondary N) is 1. The Bertz CT molecular complexity index is 756. The lowest BCUT2D eigenvalue weighted by Gasteiger charge is -2.45. The molecule has 2 fully saturated rings. The van der Waals surface area contributed by atoms with E-state index in [1.165, 1.54) is 45.2 Å². The summed E-state index contributed by atoms with van der Waals surface area (Å²) in [6, 6.07) is 6.05. The molecule has 2 aromatic heterocycles. The Morgan fingerprint density at radius 3 is 3.07 bits per heavy atom. The zero-order valence-electron chi connectivity index (χ0n) is 16.6. The van der Waals surface area contributed by atoms with E-state index in [2.05, 4.69) is 15.1 Å². The van der Waals surface area contributed by atoms with Crippen molar-refractivity contribution < 1.29 is 13.9 Å². The SMILES string of the molecule is COCCN(C[C@@H]1CCCN2CCCC[C@@H]12)C(=O)c1cc(-c2ccco2)[nH]n1. The molecule has 1 amide bonds. The van der Waals surface area contributed by atoms with Gasteiger partial charge in [0.1, 0.15) is 5.69 Å². The van der Waals surface area contributed by atoms with Crippen molar-refractivity contribution in [1.82, 2.24) is 20.0 Å². The van der Waals surface area contributed by atoms with Crippen LogP contribution in [-0.2, 0) is 4.74 Å². The van der Waals surface area contributed by atoms with Gasteiger partial charge in [0.2, 0.25) is 0 Å². The monoisotopic (exact) mass is 386 g/mol. The largest absolute Gasteiger partial charge is 0.463 e. The van der Waals surface area contributed by atoms with E-state index in [1.807, 2.05) is 17.0 Å². The first-order chi connectivity index (χ1) is 13.8. The maximum absolute atomic E-state index is 13.2. The first-order valence-corrected chi connectivity index (χ1v) is 10.4. The second-order valence-corrected chi connectivity index (χ2v) is 7.89. The predicted octanol–water partition coefficient (Wildman–Crippen LogP) is 3.02. The molecule has 152 valence electrons. The van der Waals surface area contributed by atoms with Gasteiger partial charge in [0, 0.05) is 32.3 Å². The van der Waals surface area contributed by atoms with Crippen molar-refractivity contribution in [3.8, 4) is 11.5 Å². The average molecular weight is 386 g/mol. The lowest BCUT2D eigenvalue weighted by molar-refractivity contribution is 0.0313. The van der Waals surface area contributed by atoms with Crippen LogP contribution in [0.4, 0.5) is 0 Å². The molecule has 28 heavy (non-hydrogen) atoms. The van der Waals surface area contributed by atoms with Crippen LogP contribution in [0.15, 0.2) is 28.9 Å². The molecule has 0 aromatic carbocycles. The van der Waals surface area contributed by atoms with E-state index < -0.39 is 0 Å². The molecule has 2 saturated heterocycles. The van der Waals surface area contributed by atoms with Crippen LogP contribution in [0.1, 0.15) is 42.6 Å².